The summed E-state index contributed by atoms with van der Waals surface area (Å²) in [5, 5.41) is 8.59. The molecule has 0 aliphatic rings. The minimum Gasteiger partial charge on any atom is -0.481 e. The van der Waals surface area contributed by atoms with Crippen molar-refractivity contribution < 1.29 is 18.3 Å². The van der Waals surface area contributed by atoms with E-state index in [1.54, 1.807) is 6.92 Å². The molecule has 0 aromatic heterocycles. The molecule has 0 saturated heterocycles. The second kappa shape index (κ2) is 6.55. The summed E-state index contributed by atoms with van der Waals surface area (Å²) >= 11 is 3.32. The van der Waals surface area contributed by atoms with Crippen molar-refractivity contribution in [2.24, 2.45) is 0 Å². The summed E-state index contributed by atoms with van der Waals surface area (Å²) in [6.45, 7) is 3.62. The molecule has 1 aromatic carbocycles. The Hall–Kier alpha value is -1.12. The van der Waals surface area contributed by atoms with Gasteiger partial charge in [0.05, 0.1) is 12.1 Å². The molecule has 0 amide bonds. The van der Waals surface area contributed by atoms with E-state index in [4.69, 9.17) is 5.11 Å². The van der Waals surface area contributed by atoms with Crippen LogP contribution in [0.5, 0.6) is 0 Å². The van der Waals surface area contributed by atoms with E-state index >= 15 is 0 Å². The summed E-state index contributed by atoms with van der Waals surface area (Å²) in [5.41, 5.74) is 2.25. The van der Waals surface area contributed by atoms with E-state index in [-0.39, 0.29) is 13.0 Å². The predicted octanol–water partition coefficient (Wildman–Crippen LogP) is 2.13. The number of anilines is 1. The van der Waals surface area contributed by atoms with Crippen molar-refractivity contribution >= 4 is 37.8 Å². The minimum atomic E-state index is -3.78. The second-order valence-corrected chi connectivity index (χ2v) is 7.14. The number of nitrogens with one attached hydrogen (secondary N) is 1. The molecule has 0 aliphatic heterocycles. The van der Waals surface area contributed by atoms with Gasteiger partial charge in [0, 0.05) is 18.1 Å². The Balaban J connectivity index is 2.94. The van der Waals surface area contributed by atoms with Gasteiger partial charge < -0.3 is 5.11 Å². The molecule has 1 aromatic rings. The van der Waals surface area contributed by atoms with Gasteiger partial charge in [0.1, 0.15) is 0 Å². The lowest BCUT2D eigenvalue weighted by molar-refractivity contribution is -0.137. The third kappa shape index (κ3) is 4.46. The van der Waals surface area contributed by atoms with Crippen LogP contribution in [0.25, 0.3) is 0 Å². The maximum atomic E-state index is 12.1. The first-order chi connectivity index (χ1) is 9.13. The highest BCUT2D eigenvalue weighted by Gasteiger charge is 2.20. The molecule has 0 aliphatic carbocycles. The number of nitrogens with zero attached hydrogens (tertiary/aromatic N) is 1. The van der Waals surface area contributed by atoms with E-state index in [2.05, 4.69) is 20.7 Å². The number of aryl methyl sites for hydroxylation is 2. The number of rotatable bonds is 6. The van der Waals surface area contributed by atoms with Crippen LogP contribution in [0.3, 0.4) is 0 Å². The van der Waals surface area contributed by atoms with Crippen LogP contribution in [0.1, 0.15) is 17.5 Å². The molecule has 0 bridgehead atoms. The average Bonchev–Trinajstić information content (AvgIpc) is 2.30. The number of benzene rings is 1. The summed E-state index contributed by atoms with van der Waals surface area (Å²) in [4.78, 5) is 10.5. The standard InChI is InChI=1S/C12H17BrN2O4S/c1-8-6-9(2)12(10(13)7-8)14-20(18,19)15(3)5-4-11(16)17/h6-7,14H,4-5H2,1-3H3,(H,16,17). The lowest BCUT2D eigenvalue weighted by Crippen LogP contribution is -2.34. The fourth-order valence-corrected chi connectivity index (χ4v) is 3.55. The van der Waals surface area contributed by atoms with Crippen molar-refractivity contribution in [1.29, 1.82) is 0 Å². The van der Waals surface area contributed by atoms with Crippen LogP contribution in [0.4, 0.5) is 5.69 Å². The molecule has 0 radical (unpaired) electrons. The quantitative estimate of drug-likeness (QED) is 0.809. The van der Waals surface area contributed by atoms with E-state index in [0.717, 1.165) is 15.4 Å². The Bertz CT molecular complexity index is 593. The molecular weight excluding hydrogens is 348 g/mol. The van der Waals surface area contributed by atoms with Crippen LogP contribution in [0, 0.1) is 13.8 Å². The molecule has 112 valence electrons. The fraction of sp³-hybridized carbons (Fsp3) is 0.417. The normalized spacial score (nSPS) is 11.7. The number of carboxylic acid groups (broad SMARTS) is 1. The Morgan fingerprint density at radius 2 is 2.00 bits per heavy atom. The Morgan fingerprint density at radius 3 is 2.50 bits per heavy atom. The third-order valence-electron chi connectivity index (χ3n) is 2.71. The molecule has 0 unspecified atom stereocenters. The van der Waals surface area contributed by atoms with Crippen molar-refractivity contribution in [3.63, 3.8) is 0 Å². The first-order valence-electron chi connectivity index (χ1n) is 5.86. The molecule has 1 rings (SSSR count). The van der Waals surface area contributed by atoms with Crippen molar-refractivity contribution in [2.45, 2.75) is 20.3 Å². The van der Waals surface area contributed by atoms with Crippen LogP contribution in [0.15, 0.2) is 16.6 Å². The number of aliphatic carboxylic acids is 1. The lowest BCUT2D eigenvalue weighted by Gasteiger charge is -2.19. The van der Waals surface area contributed by atoms with Crippen molar-refractivity contribution in [2.75, 3.05) is 18.3 Å². The number of halogens is 1. The molecule has 0 fully saturated rings. The predicted molar refractivity (Wildman–Crippen MR) is 81.0 cm³/mol. The average molecular weight is 365 g/mol. The monoisotopic (exact) mass is 364 g/mol. The van der Waals surface area contributed by atoms with Crippen LogP contribution in [-0.2, 0) is 15.0 Å². The summed E-state index contributed by atoms with van der Waals surface area (Å²) in [5.74, 6) is -1.04. The minimum absolute atomic E-state index is 0.0901. The van der Waals surface area contributed by atoms with Gasteiger partial charge in [-0.2, -0.15) is 12.7 Å². The van der Waals surface area contributed by atoms with Gasteiger partial charge in [-0.3, -0.25) is 9.52 Å². The molecule has 0 spiro atoms. The summed E-state index contributed by atoms with van der Waals surface area (Å²) < 4.78 is 28.3. The number of hydrogen-bond donors (Lipinski definition) is 2. The zero-order valence-corrected chi connectivity index (χ0v) is 13.9. The zero-order chi connectivity index (χ0) is 15.5. The summed E-state index contributed by atoms with van der Waals surface area (Å²) in [6, 6.07) is 3.67. The summed E-state index contributed by atoms with van der Waals surface area (Å²) in [6.07, 6.45) is -0.245. The second-order valence-electron chi connectivity index (χ2n) is 4.51. The molecule has 20 heavy (non-hydrogen) atoms. The molecule has 0 heterocycles. The van der Waals surface area contributed by atoms with Crippen molar-refractivity contribution in [3.05, 3.63) is 27.7 Å². The molecule has 0 saturated carbocycles. The number of carboxylic acids is 1. The number of hydrogen-bond acceptors (Lipinski definition) is 3. The van der Waals surface area contributed by atoms with Crippen LogP contribution in [0.2, 0.25) is 0 Å². The SMILES string of the molecule is Cc1cc(C)c(NS(=O)(=O)N(C)CCC(=O)O)c(Br)c1. The first kappa shape index (κ1) is 16.9. The Labute approximate surface area is 127 Å². The number of carbonyl (C=O) groups is 1. The van der Waals surface area contributed by atoms with Gasteiger partial charge in [0.25, 0.3) is 0 Å². The van der Waals surface area contributed by atoms with Crippen molar-refractivity contribution in [3.8, 4) is 0 Å². The van der Waals surface area contributed by atoms with Crippen LogP contribution < -0.4 is 4.72 Å². The van der Waals surface area contributed by atoms with E-state index < -0.39 is 16.2 Å². The highest BCUT2D eigenvalue weighted by Crippen LogP contribution is 2.29. The van der Waals surface area contributed by atoms with E-state index in [1.165, 1.54) is 7.05 Å². The van der Waals surface area contributed by atoms with Gasteiger partial charge in [-0.1, -0.05) is 6.07 Å². The van der Waals surface area contributed by atoms with Gasteiger partial charge in [0.15, 0.2) is 0 Å². The van der Waals surface area contributed by atoms with Crippen molar-refractivity contribution in [1.82, 2.24) is 4.31 Å². The van der Waals surface area contributed by atoms with E-state index in [1.807, 2.05) is 19.1 Å². The van der Waals surface area contributed by atoms with Crippen LogP contribution in [-0.4, -0.2) is 37.4 Å². The third-order valence-corrected chi connectivity index (χ3v) is 4.80. The smallest absolute Gasteiger partial charge is 0.304 e. The summed E-state index contributed by atoms with van der Waals surface area (Å²) in [7, 11) is -2.44. The van der Waals surface area contributed by atoms with E-state index in [9.17, 15) is 13.2 Å². The lowest BCUT2D eigenvalue weighted by atomic mass is 10.1. The molecule has 2 N–H and O–H groups in total. The molecule has 0 atom stereocenters. The fourth-order valence-electron chi connectivity index (χ4n) is 1.63. The largest absolute Gasteiger partial charge is 0.481 e. The zero-order valence-electron chi connectivity index (χ0n) is 11.5. The van der Waals surface area contributed by atoms with Gasteiger partial charge in [-0.05, 0) is 47.0 Å². The van der Waals surface area contributed by atoms with Gasteiger partial charge in [-0.15, -0.1) is 0 Å². The highest BCUT2D eigenvalue weighted by atomic mass is 79.9. The maximum absolute atomic E-state index is 12.1. The topological polar surface area (TPSA) is 86.7 Å². The highest BCUT2D eigenvalue weighted by molar-refractivity contribution is 9.10. The Kier molecular flexibility index (Phi) is 5.55. The van der Waals surface area contributed by atoms with Gasteiger partial charge in [-0.25, -0.2) is 0 Å². The van der Waals surface area contributed by atoms with Gasteiger partial charge in [0.2, 0.25) is 0 Å². The molecule has 6 nitrogen and oxygen atoms in total. The van der Waals surface area contributed by atoms with E-state index in [0.29, 0.717) is 10.2 Å². The Morgan fingerprint density at radius 1 is 1.40 bits per heavy atom. The molecular formula is C12H17BrN2O4S. The van der Waals surface area contributed by atoms with Gasteiger partial charge >= 0.3 is 16.2 Å². The maximum Gasteiger partial charge on any atom is 0.304 e. The molecule has 8 heteroatoms. The van der Waals surface area contributed by atoms with Crippen LogP contribution >= 0.6 is 15.9 Å². The first-order valence-corrected chi connectivity index (χ1v) is 8.09.